The SMILES string of the molecule is C=C(OCC)P(Br)(c1ccccc1)(c1ccccc1)c1ccccc1. The van der Waals surface area contributed by atoms with E-state index in [2.05, 4.69) is 94.9 Å². The van der Waals surface area contributed by atoms with Crippen LogP contribution >= 0.6 is 20.8 Å². The summed E-state index contributed by atoms with van der Waals surface area (Å²) in [5, 5.41) is 0.388. The summed E-state index contributed by atoms with van der Waals surface area (Å²) < 4.78 is 6.09. The van der Waals surface area contributed by atoms with Crippen molar-refractivity contribution in [3.8, 4) is 0 Å². The van der Waals surface area contributed by atoms with E-state index in [-0.39, 0.29) is 0 Å². The monoisotopic (exact) mass is 412 g/mol. The zero-order valence-electron chi connectivity index (χ0n) is 14.3. The molecule has 0 aliphatic heterocycles. The van der Waals surface area contributed by atoms with Crippen molar-refractivity contribution >= 4 is 36.7 Å². The molecular weight excluding hydrogens is 391 g/mol. The number of rotatable bonds is 6. The number of hydrogen-bond acceptors (Lipinski definition) is 1. The first-order valence-corrected chi connectivity index (χ1v) is 12.6. The number of ether oxygens (including phenoxy) is 1. The molecule has 0 unspecified atom stereocenters. The Bertz CT molecular complexity index is 748. The summed E-state index contributed by atoms with van der Waals surface area (Å²) in [6.45, 7) is 6.99. The van der Waals surface area contributed by atoms with Crippen molar-refractivity contribution in [1.29, 1.82) is 0 Å². The average Bonchev–Trinajstić information content (AvgIpc) is 2.69. The summed E-state index contributed by atoms with van der Waals surface area (Å²) in [6.07, 6.45) is 0. The summed E-state index contributed by atoms with van der Waals surface area (Å²) in [7, 11) is 0. The van der Waals surface area contributed by atoms with Crippen LogP contribution < -0.4 is 15.9 Å². The van der Waals surface area contributed by atoms with E-state index in [1.807, 2.05) is 25.1 Å². The van der Waals surface area contributed by atoms with Gasteiger partial charge in [0.25, 0.3) is 0 Å². The van der Waals surface area contributed by atoms with Crippen LogP contribution in [0.1, 0.15) is 6.92 Å². The van der Waals surface area contributed by atoms with Crippen molar-refractivity contribution in [3.05, 3.63) is 103 Å². The van der Waals surface area contributed by atoms with E-state index in [0.717, 1.165) is 5.50 Å². The molecule has 0 bridgehead atoms. The number of benzene rings is 3. The summed E-state index contributed by atoms with van der Waals surface area (Å²) in [5.41, 5.74) is 0.775. The van der Waals surface area contributed by atoms with E-state index < -0.39 is 5.31 Å². The number of hydrogen-bond donors (Lipinski definition) is 0. The molecule has 25 heavy (non-hydrogen) atoms. The van der Waals surface area contributed by atoms with Gasteiger partial charge < -0.3 is 0 Å². The summed E-state index contributed by atoms with van der Waals surface area (Å²) in [5.74, 6) is 0. The van der Waals surface area contributed by atoms with Crippen molar-refractivity contribution < 1.29 is 4.74 Å². The summed E-state index contributed by atoms with van der Waals surface area (Å²) >= 11 is 4.29. The third-order valence-electron chi connectivity index (χ3n) is 4.50. The maximum atomic E-state index is 6.09. The van der Waals surface area contributed by atoms with Gasteiger partial charge in [0, 0.05) is 0 Å². The van der Waals surface area contributed by atoms with Crippen LogP contribution in [0.4, 0.5) is 0 Å². The molecule has 0 heterocycles. The molecular formula is C22H22BrOP. The van der Waals surface area contributed by atoms with Gasteiger partial charge >= 0.3 is 158 Å². The van der Waals surface area contributed by atoms with Crippen LogP contribution in [0.3, 0.4) is 0 Å². The summed E-state index contributed by atoms with van der Waals surface area (Å²) in [6, 6.07) is 31.5. The fourth-order valence-electron chi connectivity index (χ4n) is 3.29. The van der Waals surface area contributed by atoms with Crippen molar-refractivity contribution in [1.82, 2.24) is 0 Å². The van der Waals surface area contributed by atoms with Gasteiger partial charge in [-0.1, -0.05) is 0 Å². The predicted molar refractivity (Wildman–Crippen MR) is 115 cm³/mol. The molecule has 0 aliphatic carbocycles. The van der Waals surface area contributed by atoms with Crippen molar-refractivity contribution in [2.75, 3.05) is 6.61 Å². The Labute approximate surface area is 158 Å². The molecule has 1 nitrogen and oxygen atoms in total. The second-order valence-electron chi connectivity index (χ2n) is 5.84. The molecule has 3 aromatic carbocycles. The van der Waals surface area contributed by atoms with Gasteiger partial charge in [0.1, 0.15) is 0 Å². The molecule has 0 fully saturated rings. The Kier molecular flexibility index (Phi) is 5.13. The molecule has 0 radical (unpaired) electrons. The van der Waals surface area contributed by atoms with E-state index >= 15 is 0 Å². The normalized spacial score (nSPS) is 12.8. The molecule has 3 heteroatoms. The van der Waals surface area contributed by atoms with E-state index in [1.54, 1.807) is 0 Å². The van der Waals surface area contributed by atoms with Gasteiger partial charge in [-0.2, -0.15) is 0 Å². The molecule has 128 valence electrons. The molecule has 0 N–H and O–H groups in total. The third-order valence-corrected chi connectivity index (χ3v) is 14.2. The first-order chi connectivity index (χ1) is 12.1. The topological polar surface area (TPSA) is 9.23 Å². The van der Waals surface area contributed by atoms with Crippen LogP contribution in [0.15, 0.2) is 103 Å². The molecule has 3 aromatic rings. The van der Waals surface area contributed by atoms with Gasteiger partial charge in [-0.05, 0) is 0 Å². The van der Waals surface area contributed by atoms with Crippen LogP contribution in [0.2, 0.25) is 0 Å². The van der Waals surface area contributed by atoms with E-state index in [9.17, 15) is 0 Å². The Morgan fingerprint density at radius 2 is 1.08 bits per heavy atom. The van der Waals surface area contributed by atoms with Gasteiger partial charge in [0.15, 0.2) is 0 Å². The van der Waals surface area contributed by atoms with E-state index in [4.69, 9.17) is 4.74 Å². The zero-order valence-corrected chi connectivity index (χ0v) is 16.8. The van der Waals surface area contributed by atoms with Gasteiger partial charge in [0.05, 0.1) is 0 Å². The minimum absolute atomic E-state index is 0.578. The van der Waals surface area contributed by atoms with Crippen LogP contribution in [-0.4, -0.2) is 6.61 Å². The first kappa shape index (κ1) is 17.9. The first-order valence-electron chi connectivity index (χ1n) is 8.35. The van der Waals surface area contributed by atoms with E-state index in [0.29, 0.717) is 6.61 Å². The van der Waals surface area contributed by atoms with Gasteiger partial charge in [-0.25, -0.2) is 0 Å². The predicted octanol–water partition coefficient (Wildman–Crippen LogP) is 5.33. The zero-order chi connectivity index (χ0) is 17.8. The standard InChI is InChI=1S/C22H22BrOP/c1-3-24-19(2)25(23,20-13-7-4-8-14-20,21-15-9-5-10-16-21)22-17-11-6-12-18-22/h4-18H,2-3H2,1H3. The van der Waals surface area contributed by atoms with Crippen molar-refractivity contribution in [2.24, 2.45) is 0 Å². The van der Waals surface area contributed by atoms with Gasteiger partial charge in [-0.15, -0.1) is 0 Å². The van der Waals surface area contributed by atoms with Crippen LogP contribution in [-0.2, 0) is 4.74 Å². The van der Waals surface area contributed by atoms with E-state index in [1.165, 1.54) is 15.9 Å². The molecule has 0 aromatic heterocycles. The van der Waals surface area contributed by atoms with Crippen LogP contribution in [0.5, 0.6) is 0 Å². The Balaban J connectivity index is 2.47. The molecule has 3 rings (SSSR count). The number of halogens is 1. The van der Waals surface area contributed by atoms with Gasteiger partial charge in [0.2, 0.25) is 0 Å². The Morgan fingerprint density at radius 3 is 1.36 bits per heavy atom. The fraction of sp³-hybridized carbons (Fsp3) is 0.0909. The van der Waals surface area contributed by atoms with Crippen LogP contribution in [0.25, 0.3) is 0 Å². The second-order valence-corrected chi connectivity index (χ2v) is 14.2. The quantitative estimate of drug-likeness (QED) is 0.392. The summed E-state index contributed by atoms with van der Waals surface area (Å²) in [4.78, 5) is 0. The average molecular weight is 413 g/mol. The molecule has 0 atom stereocenters. The second kappa shape index (κ2) is 7.15. The van der Waals surface area contributed by atoms with Crippen molar-refractivity contribution in [2.45, 2.75) is 6.92 Å². The molecule has 0 aliphatic rings. The van der Waals surface area contributed by atoms with Crippen LogP contribution in [0, 0.1) is 0 Å². The Morgan fingerprint density at radius 1 is 0.760 bits per heavy atom. The molecule has 0 saturated heterocycles. The Hall–Kier alpha value is -1.89. The fourth-order valence-corrected chi connectivity index (χ4v) is 10.1. The van der Waals surface area contributed by atoms with Crippen molar-refractivity contribution in [3.63, 3.8) is 0 Å². The van der Waals surface area contributed by atoms with Gasteiger partial charge in [-0.3, -0.25) is 0 Å². The maximum absolute atomic E-state index is 6.09. The molecule has 0 saturated carbocycles. The molecule has 0 amide bonds. The molecule has 0 spiro atoms. The minimum atomic E-state index is -3.17. The third kappa shape index (κ3) is 2.74.